The van der Waals surface area contributed by atoms with Gasteiger partial charge in [-0.25, -0.2) is 0 Å². The number of nitrogens with one attached hydrogen (secondary N) is 1. The van der Waals surface area contributed by atoms with E-state index in [-0.39, 0.29) is 17.1 Å². The fourth-order valence-electron chi connectivity index (χ4n) is 1.38. The van der Waals surface area contributed by atoms with Gasteiger partial charge < -0.3 is 19.9 Å². The highest BCUT2D eigenvalue weighted by molar-refractivity contribution is 5.97. The van der Waals surface area contributed by atoms with Crippen LogP contribution in [0.3, 0.4) is 0 Å². The third kappa shape index (κ3) is 2.57. The van der Waals surface area contributed by atoms with Gasteiger partial charge >= 0.3 is 0 Å². The zero-order valence-corrected chi connectivity index (χ0v) is 8.88. The lowest BCUT2D eigenvalue weighted by Crippen LogP contribution is -2.22. The minimum Gasteiger partial charge on any atom is -0.508 e. The number of hydrogen-bond donors (Lipinski definition) is 3. The third-order valence-electron chi connectivity index (χ3n) is 2.26. The fourth-order valence-corrected chi connectivity index (χ4v) is 1.38. The van der Waals surface area contributed by atoms with E-state index < -0.39 is 5.91 Å². The molecule has 1 aromatic carbocycles. The molecule has 0 spiro atoms. The lowest BCUT2D eigenvalue weighted by Gasteiger charge is -2.06. The summed E-state index contributed by atoms with van der Waals surface area (Å²) in [6.07, 6.45) is 3.02. The molecule has 3 N–H and O–H groups in total. The Balaban J connectivity index is 2.07. The SMILES string of the molecule is O=C(NCc1ccoc1)c1cc(O)ccc1O. The van der Waals surface area contributed by atoms with Crippen molar-refractivity contribution in [2.75, 3.05) is 0 Å². The molecule has 1 heterocycles. The Morgan fingerprint density at radius 2 is 2.12 bits per heavy atom. The first-order chi connectivity index (χ1) is 8.16. The van der Waals surface area contributed by atoms with Crippen molar-refractivity contribution in [1.82, 2.24) is 5.32 Å². The zero-order valence-electron chi connectivity index (χ0n) is 8.88. The monoisotopic (exact) mass is 233 g/mol. The minimum atomic E-state index is -0.459. The lowest BCUT2D eigenvalue weighted by molar-refractivity contribution is 0.0948. The molecule has 1 aromatic heterocycles. The summed E-state index contributed by atoms with van der Waals surface area (Å²) < 4.78 is 4.85. The minimum absolute atomic E-state index is 0.0356. The molecule has 0 atom stereocenters. The first kappa shape index (κ1) is 11.1. The van der Waals surface area contributed by atoms with Crippen LogP contribution in [0.1, 0.15) is 15.9 Å². The normalized spacial score (nSPS) is 10.1. The first-order valence-corrected chi connectivity index (χ1v) is 4.98. The highest BCUT2D eigenvalue weighted by atomic mass is 16.3. The Morgan fingerprint density at radius 3 is 2.82 bits per heavy atom. The predicted octanol–water partition coefficient (Wildman–Crippen LogP) is 1.62. The van der Waals surface area contributed by atoms with E-state index in [1.807, 2.05) is 0 Å². The summed E-state index contributed by atoms with van der Waals surface area (Å²) in [6.45, 7) is 0.296. The van der Waals surface area contributed by atoms with Crippen molar-refractivity contribution in [2.45, 2.75) is 6.54 Å². The smallest absolute Gasteiger partial charge is 0.255 e. The summed E-state index contributed by atoms with van der Waals surface area (Å²) in [5, 5.41) is 21.3. The van der Waals surface area contributed by atoms with E-state index in [1.165, 1.54) is 30.7 Å². The van der Waals surface area contributed by atoms with Crippen molar-refractivity contribution in [3.05, 3.63) is 47.9 Å². The summed E-state index contributed by atoms with van der Waals surface area (Å²) in [5.41, 5.74) is 0.853. The van der Waals surface area contributed by atoms with Crippen LogP contribution < -0.4 is 5.32 Å². The quantitative estimate of drug-likeness (QED) is 0.703. The number of rotatable bonds is 3. The van der Waals surface area contributed by atoms with E-state index >= 15 is 0 Å². The van der Waals surface area contributed by atoms with Gasteiger partial charge in [0, 0.05) is 12.1 Å². The van der Waals surface area contributed by atoms with Gasteiger partial charge in [-0.15, -0.1) is 0 Å². The van der Waals surface area contributed by atoms with E-state index in [9.17, 15) is 15.0 Å². The van der Waals surface area contributed by atoms with E-state index in [0.29, 0.717) is 6.54 Å². The average Bonchev–Trinajstić information content (AvgIpc) is 2.82. The van der Waals surface area contributed by atoms with Gasteiger partial charge in [0.25, 0.3) is 5.91 Å². The van der Waals surface area contributed by atoms with Crippen LogP contribution in [0, 0.1) is 0 Å². The molecule has 0 saturated heterocycles. The van der Waals surface area contributed by atoms with E-state index in [2.05, 4.69) is 5.32 Å². The molecule has 0 aliphatic carbocycles. The topological polar surface area (TPSA) is 82.7 Å². The number of amides is 1. The Labute approximate surface area is 97.3 Å². The number of carbonyl (C=O) groups excluding carboxylic acids is 1. The molecule has 0 bridgehead atoms. The molecule has 0 radical (unpaired) electrons. The van der Waals surface area contributed by atoms with Crippen molar-refractivity contribution < 1.29 is 19.4 Å². The summed E-state index contributed by atoms with van der Waals surface area (Å²) in [5.74, 6) is -0.705. The molecule has 0 saturated carbocycles. The maximum Gasteiger partial charge on any atom is 0.255 e. The number of hydrogen-bond acceptors (Lipinski definition) is 4. The van der Waals surface area contributed by atoms with E-state index in [1.54, 1.807) is 6.07 Å². The maximum absolute atomic E-state index is 11.7. The molecule has 88 valence electrons. The Bertz CT molecular complexity index is 519. The number of phenols is 2. The molecular weight excluding hydrogens is 222 g/mol. The van der Waals surface area contributed by atoms with E-state index in [4.69, 9.17) is 4.42 Å². The van der Waals surface area contributed by atoms with Crippen molar-refractivity contribution in [2.24, 2.45) is 0 Å². The van der Waals surface area contributed by atoms with Crippen LogP contribution in [0.2, 0.25) is 0 Å². The molecule has 5 nitrogen and oxygen atoms in total. The van der Waals surface area contributed by atoms with Crippen LogP contribution >= 0.6 is 0 Å². The lowest BCUT2D eigenvalue weighted by atomic mass is 10.1. The Hall–Kier alpha value is -2.43. The Kier molecular flexibility index (Phi) is 3.00. The first-order valence-electron chi connectivity index (χ1n) is 4.98. The summed E-state index contributed by atoms with van der Waals surface area (Å²) in [7, 11) is 0. The molecule has 2 rings (SSSR count). The summed E-state index contributed by atoms with van der Waals surface area (Å²) in [6, 6.07) is 5.51. The van der Waals surface area contributed by atoms with Crippen LogP contribution in [0.25, 0.3) is 0 Å². The fraction of sp³-hybridized carbons (Fsp3) is 0.0833. The molecule has 17 heavy (non-hydrogen) atoms. The van der Waals surface area contributed by atoms with Crippen molar-refractivity contribution in [3.63, 3.8) is 0 Å². The van der Waals surface area contributed by atoms with Gasteiger partial charge in [0.1, 0.15) is 11.5 Å². The van der Waals surface area contributed by atoms with Gasteiger partial charge in [-0.2, -0.15) is 0 Å². The summed E-state index contributed by atoms with van der Waals surface area (Å²) >= 11 is 0. The van der Waals surface area contributed by atoms with Crippen LogP contribution in [0.15, 0.2) is 41.2 Å². The van der Waals surface area contributed by atoms with Gasteiger partial charge in [-0.05, 0) is 24.3 Å². The Morgan fingerprint density at radius 1 is 1.29 bits per heavy atom. The number of aromatic hydroxyl groups is 2. The van der Waals surface area contributed by atoms with Gasteiger partial charge in [-0.1, -0.05) is 0 Å². The van der Waals surface area contributed by atoms with Crippen LogP contribution in [0.5, 0.6) is 11.5 Å². The van der Waals surface area contributed by atoms with Crippen LogP contribution in [-0.4, -0.2) is 16.1 Å². The molecule has 0 unspecified atom stereocenters. The molecule has 0 fully saturated rings. The number of phenolic OH excluding ortho intramolecular Hbond substituents is 2. The highest BCUT2D eigenvalue weighted by Crippen LogP contribution is 2.21. The molecule has 1 amide bonds. The zero-order chi connectivity index (χ0) is 12.3. The maximum atomic E-state index is 11.7. The average molecular weight is 233 g/mol. The molecular formula is C12H11NO4. The predicted molar refractivity (Wildman–Crippen MR) is 59.6 cm³/mol. The van der Waals surface area contributed by atoms with E-state index in [0.717, 1.165) is 5.56 Å². The van der Waals surface area contributed by atoms with Crippen molar-refractivity contribution in [1.29, 1.82) is 0 Å². The van der Waals surface area contributed by atoms with Gasteiger partial charge in [0.05, 0.1) is 18.1 Å². The number of carbonyl (C=O) groups is 1. The van der Waals surface area contributed by atoms with Crippen molar-refractivity contribution in [3.8, 4) is 11.5 Å². The molecule has 0 aliphatic rings. The molecule has 2 aromatic rings. The number of benzene rings is 1. The largest absolute Gasteiger partial charge is 0.508 e. The third-order valence-corrected chi connectivity index (χ3v) is 2.26. The summed E-state index contributed by atoms with van der Waals surface area (Å²) in [4.78, 5) is 11.7. The standard InChI is InChI=1S/C12H11NO4/c14-9-1-2-11(15)10(5-9)12(16)13-6-8-3-4-17-7-8/h1-5,7,14-15H,6H2,(H,13,16). The van der Waals surface area contributed by atoms with Gasteiger partial charge in [0.15, 0.2) is 0 Å². The molecule has 5 heteroatoms. The van der Waals surface area contributed by atoms with Crippen LogP contribution in [0.4, 0.5) is 0 Å². The van der Waals surface area contributed by atoms with Crippen LogP contribution in [-0.2, 0) is 6.54 Å². The number of furan rings is 1. The molecule has 0 aliphatic heterocycles. The second kappa shape index (κ2) is 4.61. The van der Waals surface area contributed by atoms with Gasteiger partial charge in [-0.3, -0.25) is 4.79 Å². The van der Waals surface area contributed by atoms with Crippen molar-refractivity contribution >= 4 is 5.91 Å². The highest BCUT2D eigenvalue weighted by Gasteiger charge is 2.11. The second-order valence-electron chi connectivity index (χ2n) is 3.52. The second-order valence-corrected chi connectivity index (χ2v) is 3.52. The van der Waals surface area contributed by atoms with Gasteiger partial charge in [0.2, 0.25) is 0 Å².